The number of allylic oxidation sites excluding steroid dienone is 10. The van der Waals surface area contributed by atoms with Crippen LogP contribution in [0.25, 0.3) is 0 Å². The molecule has 0 aliphatic rings. The first-order valence-corrected chi connectivity index (χ1v) is 10.3. The standard InChI is InChI=1S/C24H36O4/c1-2-3-4-5-6-7-8-9-10-11-12-13-14-15-16-17-18-19-22-28-24(27)21-20-23(25)26/h3-4,6-7,9-10,12-13,15-16H,2,5,8,11,14,17-22H2,1H3,(H,25,26)/p-1/b4-3-,7-6-,10-9-,13-12-,16-15-. The summed E-state index contributed by atoms with van der Waals surface area (Å²) in [6, 6.07) is 0. The monoisotopic (exact) mass is 387 g/mol. The van der Waals surface area contributed by atoms with Gasteiger partial charge in [-0.3, -0.25) is 4.79 Å². The Morgan fingerprint density at radius 2 is 1.21 bits per heavy atom. The number of ether oxygens (including phenoxy) is 1. The van der Waals surface area contributed by atoms with E-state index in [1.54, 1.807) is 0 Å². The molecule has 0 aliphatic heterocycles. The van der Waals surface area contributed by atoms with Crippen molar-refractivity contribution in [3.05, 3.63) is 60.8 Å². The molecule has 0 N–H and O–H groups in total. The molecule has 0 saturated carbocycles. The van der Waals surface area contributed by atoms with E-state index in [0.29, 0.717) is 6.61 Å². The fourth-order valence-corrected chi connectivity index (χ4v) is 2.20. The Hall–Kier alpha value is -2.36. The lowest BCUT2D eigenvalue weighted by molar-refractivity contribution is -0.305. The zero-order valence-electron chi connectivity index (χ0n) is 17.2. The summed E-state index contributed by atoms with van der Waals surface area (Å²) in [6.07, 6.45) is 29.0. The summed E-state index contributed by atoms with van der Waals surface area (Å²) < 4.78 is 4.94. The first kappa shape index (κ1) is 25.6. The molecular weight excluding hydrogens is 352 g/mol. The van der Waals surface area contributed by atoms with Crippen molar-refractivity contribution in [2.24, 2.45) is 0 Å². The predicted molar refractivity (Wildman–Crippen MR) is 114 cm³/mol. The zero-order chi connectivity index (χ0) is 20.7. The van der Waals surface area contributed by atoms with Crippen molar-refractivity contribution in [3.8, 4) is 0 Å². The van der Waals surface area contributed by atoms with Crippen LogP contribution >= 0.6 is 0 Å². The van der Waals surface area contributed by atoms with Gasteiger partial charge in [-0.25, -0.2) is 0 Å². The van der Waals surface area contributed by atoms with Gasteiger partial charge in [0.1, 0.15) is 0 Å². The molecule has 0 fully saturated rings. The summed E-state index contributed by atoms with van der Waals surface area (Å²) in [6.45, 7) is 2.48. The molecule has 0 unspecified atom stereocenters. The Labute approximate surface area is 170 Å². The van der Waals surface area contributed by atoms with Gasteiger partial charge in [-0.15, -0.1) is 0 Å². The Morgan fingerprint density at radius 3 is 1.71 bits per heavy atom. The van der Waals surface area contributed by atoms with Crippen LogP contribution in [0.1, 0.15) is 71.1 Å². The third kappa shape index (κ3) is 21.7. The van der Waals surface area contributed by atoms with Crippen molar-refractivity contribution in [3.63, 3.8) is 0 Å². The summed E-state index contributed by atoms with van der Waals surface area (Å²) in [7, 11) is 0. The Balaban J connectivity index is 3.47. The van der Waals surface area contributed by atoms with Gasteiger partial charge in [0.05, 0.1) is 13.0 Å². The van der Waals surface area contributed by atoms with Gasteiger partial charge >= 0.3 is 5.97 Å². The maximum Gasteiger partial charge on any atom is 0.306 e. The van der Waals surface area contributed by atoms with E-state index < -0.39 is 11.9 Å². The molecule has 156 valence electrons. The highest BCUT2D eigenvalue weighted by Crippen LogP contribution is 2.01. The number of carboxylic acid groups (broad SMARTS) is 1. The number of unbranched alkanes of at least 4 members (excludes halogenated alkanes) is 2. The van der Waals surface area contributed by atoms with Crippen LogP contribution in [-0.4, -0.2) is 18.5 Å². The fraction of sp³-hybridized carbons (Fsp3) is 0.500. The number of esters is 1. The van der Waals surface area contributed by atoms with E-state index in [9.17, 15) is 14.7 Å². The normalized spacial score (nSPS) is 12.3. The van der Waals surface area contributed by atoms with E-state index in [2.05, 4.69) is 67.7 Å². The summed E-state index contributed by atoms with van der Waals surface area (Å²) in [5.74, 6) is -1.70. The summed E-state index contributed by atoms with van der Waals surface area (Å²) in [4.78, 5) is 21.4. The van der Waals surface area contributed by atoms with Crippen LogP contribution in [0.4, 0.5) is 0 Å². The van der Waals surface area contributed by atoms with Gasteiger partial charge in [-0.05, 0) is 57.8 Å². The first-order valence-electron chi connectivity index (χ1n) is 10.3. The molecule has 0 spiro atoms. The lowest BCUT2D eigenvalue weighted by Crippen LogP contribution is -2.23. The van der Waals surface area contributed by atoms with Gasteiger partial charge in [0.25, 0.3) is 0 Å². The molecule has 0 saturated heterocycles. The number of carbonyl (C=O) groups excluding carboxylic acids is 2. The third-order valence-electron chi connectivity index (χ3n) is 3.72. The average Bonchev–Trinajstić information content (AvgIpc) is 2.68. The fourth-order valence-electron chi connectivity index (χ4n) is 2.20. The van der Waals surface area contributed by atoms with Crippen LogP contribution in [0.2, 0.25) is 0 Å². The van der Waals surface area contributed by atoms with Crippen molar-refractivity contribution in [1.29, 1.82) is 0 Å². The Kier molecular flexibility index (Phi) is 19.2. The average molecular weight is 388 g/mol. The van der Waals surface area contributed by atoms with E-state index in [0.717, 1.165) is 51.4 Å². The largest absolute Gasteiger partial charge is 0.550 e. The van der Waals surface area contributed by atoms with E-state index in [4.69, 9.17) is 4.74 Å². The van der Waals surface area contributed by atoms with Crippen molar-refractivity contribution < 1.29 is 19.4 Å². The molecule has 0 aliphatic carbocycles. The lowest BCUT2D eigenvalue weighted by atomic mass is 10.2. The number of hydrogen-bond donors (Lipinski definition) is 0. The number of carboxylic acids is 1. The second kappa shape index (κ2) is 20.9. The van der Waals surface area contributed by atoms with E-state index in [-0.39, 0.29) is 12.8 Å². The van der Waals surface area contributed by atoms with Gasteiger partial charge < -0.3 is 14.6 Å². The molecule has 0 rings (SSSR count). The minimum absolute atomic E-state index is 0.114. The smallest absolute Gasteiger partial charge is 0.306 e. The summed E-state index contributed by atoms with van der Waals surface area (Å²) in [5, 5.41) is 10.2. The molecule has 0 bridgehead atoms. The number of aliphatic carboxylic acids is 1. The number of rotatable bonds is 17. The lowest BCUT2D eigenvalue weighted by Gasteiger charge is -2.04. The van der Waals surface area contributed by atoms with Crippen LogP contribution < -0.4 is 5.11 Å². The van der Waals surface area contributed by atoms with Gasteiger partial charge in [-0.2, -0.15) is 0 Å². The van der Waals surface area contributed by atoms with Crippen LogP contribution in [-0.2, 0) is 14.3 Å². The molecular formula is C24H35O4-. The maximum atomic E-state index is 11.2. The summed E-state index contributed by atoms with van der Waals surface area (Å²) >= 11 is 0. The number of hydrogen-bond acceptors (Lipinski definition) is 4. The first-order chi connectivity index (χ1) is 13.7. The molecule has 0 atom stereocenters. The number of carbonyl (C=O) groups is 2. The summed E-state index contributed by atoms with van der Waals surface area (Å²) in [5.41, 5.74) is 0. The van der Waals surface area contributed by atoms with E-state index in [1.807, 2.05) is 0 Å². The SMILES string of the molecule is CC/C=C\C/C=C\C/C=C\C/C=C\C/C=C\CCCCOC(=O)CCC(=O)[O-]. The highest BCUT2D eigenvalue weighted by Gasteiger charge is 2.01. The van der Waals surface area contributed by atoms with Crippen molar-refractivity contribution in [2.45, 2.75) is 71.1 Å². The predicted octanol–water partition coefficient (Wildman–Crippen LogP) is 4.98. The Morgan fingerprint density at radius 1 is 0.714 bits per heavy atom. The molecule has 0 aromatic rings. The molecule has 0 aromatic carbocycles. The second-order valence-corrected chi connectivity index (χ2v) is 6.30. The van der Waals surface area contributed by atoms with Crippen LogP contribution in [0, 0.1) is 0 Å². The highest BCUT2D eigenvalue weighted by atomic mass is 16.5. The van der Waals surface area contributed by atoms with Crippen LogP contribution in [0.15, 0.2) is 60.8 Å². The minimum Gasteiger partial charge on any atom is -0.550 e. The molecule has 0 heterocycles. The molecule has 28 heavy (non-hydrogen) atoms. The molecule has 0 radical (unpaired) electrons. The van der Waals surface area contributed by atoms with Crippen LogP contribution in [0.5, 0.6) is 0 Å². The van der Waals surface area contributed by atoms with Gasteiger partial charge in [0.2, 0.25) is 0 Å². The van der Waals surface area contributed by atoms with Gasteiger partial charge in [-0.1, -0.05) is 67.7 Å². The van der Waals surface area contributed by atoms with Gasteiger partial charge in [0, 0.05) is 5.97 Å². The molecule has 4 nitrogen and oxygen atoms in total. The van der Waals surface area contributed by atoms with Crippen molar-refractivity contribution >= 4 is 11.9 Å². The maximum absolute atomic E-state index is 11.2. The highest BCUT2D eigenvalue weighted by molar-refractivity contribution is 5.75. The third-order valence-corrected chi connectivity index (χ3v) is 3.72. The van der Waals surface area contributed by atoms with E-state index in [1.165, 1.54) is 0 Å². The Bertz CT molecular complexity index is 539. The van der Waals surface area contributed by atoms with Crippen molar-refractivity contribution in [2.75, 3.05) is 6.61 Å². The molecule has 0 aromatic heterocycles. The quantitative estimate of drug-likeness (QED) is 0.200. The van der Waals surface area contributed by atoms with E-state index >= 15 is 0 Å². The van der Waals surface area contributed by atoms with Crippen LogP contribution in [0.3, 0.4) is 0 Å². The topological polar surface area (TPSA) is 66.4 Å². The van der Waals surface area contributed by atoms with Gasteiger partial charge in [0.15, 0.2) is 0 Å². The zero-order valence-corrected chi connectivity index (χ0v) is 17.2. The second-order valence-electron chi connectivity index (χ2n) is 6.30. The minimum atomic E-state index is -1.23. The molecule has 0 amide bonds. The molecule has 4 heteroatoms. The van der Waals surface area contributed by atoms with Crippen molar-refractivity contribution in [1.82, 2.24) is 0 Å².